The van der Waals surface area contributed by atoms with Gasteiger partial charge in [-0.1, -0.05) is 39.8 Å². The highest BCUT2D eigenvalue weighted by molar-refractivity contribution is 6.39. The van der Waals surface area contributed by atoms with E-state index in [1.54, 1.807) is 23.1 Å². The molecule has 0 spiro atoms. The van der Waals surface area contributed by atoms with E-state index in [1.165, 1.54) is 23.2 Å². The van der Waals surface area contributed by atoms with Gasteiger partial charge in [0, 0.05) is 24.5 Å². The number of anilines is 2. The molecule has 3 rings (SSSR count). The lowest BCUT2D eigenvalue weighted by Gasteiger charge is -2.46. The minimum atomic E-state index is -0.816. The number of hydrogen-bond acceptors (Lipinski definition) is 5. The molecule has 3 N–H and O–H groups in total. The quantitative estimate of drug-likeness (QED) is 0.672. The zero-order chi connectivity index (χ0) is 25.2. The van der Waals surface area contributed by atoms with E-state index >= 15 is 0 Å². The van der Waals surface area contributed by atoms with E-state index in [9.17, 15) is 18.8 Å². The number of hydrogen-bond donors (Lipinski definition) is 2. The second-order valence-electron chi connectivity index (χ2n) is 9.66. The van der Waals surface area contributed by atoms with Gasteiger partial charge in [0.25, 0.3) is 0 Å². The number of pyridine rings is 1. The molecule has 1 aromatic heterocycles. The van der Waals surface area contributed by atoms with Gasteiger partial charge in [-0.3, -0.25) is 14.4 Å². The largest absolute Gasteiger partial charge is 0.383 e. The second kappa shape index (κ2) is 9.79. The maximum atomic E-state index is 13.6. The smallest absolute Gasteiger partial charge is 0.313 e. The Hall–Kier alpha value is -3.49. The van der Waals surface area contributed by atoms with Crippen LogP contribution in [0.4, 0.5) is 15.9 Å². The number of piperazine rings is 1. The molecule has 0 unspecified atom stereocenters. The summed E-state index contributed by atoms with van der Waals surface area (Å²) in [4.78, 5) is 46.5. The van der Waals surface area contributed by atoms with Gasteiger partial charge in [-0.2, -0.15) is 0 Å². The first-order valence-electron chi connectivity index (χ1n) is 11.3. The number of nitrogens with one attached hydrogen (secondary N) is 1. The molecule has 1 aliphatic rings. The molecule has 0 aliphatic carbocycles. The Kier molecular flexibility index (Phi) is 7.24. The van der Waals surface area contributed by atoms with E-state index in [0.29, 0.717) is 23.5 Å². The van der Waals surface area contributed by atoms with Crippen LogP contribution in [0.25, 0.3) is 0 Å². The summed E-state index contributed by atoms with van der Waals surface area (Å²) < 4.78 is 13.6. The van der Waals surface area contributed by atoms with E-state index in [0.717, 1.165) is 5.56 Å². The molecule has 1 fully saturated rings. The molecule has 1 saturated heterocycles. The number of halogens is 1. The Balaban J connectivity index is 1.89. The van der Waals surface area contributed by atoms with Crippen LogP contribution in [0.2, 0.25) is 0 Å². The monoisotopic (exact) mass is 469 g/mol. The summed E-state index contributed by atoms with van der Waals surface area (Å²) in [6.45, 7) is 9.64. The van der Waals surface area contributed by atoms with Crippen LogP contribution < -0.4 is 11.1 Å². The zero-order valence-corrected chi connectivity index (χ0v) is 20.3. The highest BCUT2D eigenvalue weighted by Gasteiger charge is 2.41. The lowest BCUT2D eigenvalue weighted by molar-refractivity contribution is -0.154. The van der Waals surface area contributed by atoms with Gasteiger partial charge in [0.05, 0.1) is 17.9 Å². The number of carbonyl (C=O) groups excluding carboxylic acids is 3. The van der Waals surface area contributed by atoms with Crippen molar-refractivity contribution >= 4 is 29.2 Å². The molecule has 34 heavy (non-hydrogen) atoms. The summed E-state index contributed by atoms with van der Waals surface area (Å²) in [5.74, 6) is -1.64. The maximum absolute atomic E-state index is 13.6. The van der Waals surface area contributed by atoms with Crippen LogP contribution >= 0.6 is 0 Å². The molecule has 2 atom stereocenters. The van der Waals surface area contributed by atoms with Gasteiger partial charge in [0.15, 0.2) is 0 Å². The molecule has 0 radical (unpaired) electrons. The van der Waals surface area contributed by atoms with Gasteiger partial charge >= 0.3 is 11.8 Å². The van der Waals surface area contributed by atoms with Crippen molar-refractivity contribution in [3.63, 3.8) is 0 Å². The molecule has 1 aromatic carbocycles. The number of benzene rings is 1. The van der Waals surface area contributed by atoms with Crippen molar-refractivity contribution in [3.05, 3.63) is 53.5 Å². The van der Waals surface area contributed by atoms with E-state index in [1.807, 2.05) is 34.6 Å². The van der Waals surface area contributed by atoms with Crippen molar-refractivity contribution in [1.82, 2.24) is 14.8 Å². The Labute approximate surface area is 199 Å². The van der Waals surface area contributed by atoms with Crippen molar-refractivity contribution in [2.45, 2.75) is 53.1 Å². The Morgan fingerprint density at radius 3 is 2.38 bits per heavy atom. The standard InChI is InChI=1S/C25H32FN5O3/c1-6-16-11-19(12-28-21(16)27)29-22(32)23(33)31-13-15(2)30(24(34)25(3,4)5)14-20(31)17-7-9-18(26)10-8-17/h7-12,15,20H,6,13-14H2,1-5H3,(H2,27,28)(H,29,32)/t15-,20-/m1/s1. The van der Waals surface area contributed by atoms with Crippen molar-refractivity contribution in [1.29, 1.82) is 0 Å². The van der Waals surface area contributed by atoms with Crippen molar-refractivity contribution in [2.75, 3.05) is 24.1 Å². The minimum absolute atomic E-state index is 0.0521. The topological polar surface area (TPSA) is 109 Å². The number of nitrogen functional groups attached to an aromatic ring is 1. The molecule has 8 nitrogen and oxygen atoms in total. The predicted octanol–water partition coefficient (Wildman–Crippen LogP) is 3.15. The fourth-order valence-electron chi connectivity index (χ4n) is 4.07. The number of aryl methyl sites for hydroxylation is 1. The first-order chi connectivity index (χ1) is 15.9. The summed E-state index contributed by atoms with van der Waals surface area (Å²) in [5.41, 5.74) is 7.00. The molecular formula is C25H32FN5O3. The molecule has 2 heterocycles. The van der Waals surface area contributed by atoms with Crippen LogP contribution in [0.5, 0.6) is 0 Å². The SMILES string of the molecule is CCc1cc(NC(=O)C(=O)N2C[C@@H](C)N(C(=O)C(C)(C)C)C[C@@H]2c2ccc(F)cc2)cnc1N. The van der Waals surface area contributed by atoms with Crippen molar-refractivity contribution in [2.24, 2.45) is 5.41 Å². The van der Waals surface area contributed by atoms with Crippen LogP contribution in [0.1, 0.15) is 51.8 Å². The third-order valence-electron chi connectivity index (χ3n) is 5.99. The fourth-order valence-corrected chi connectivity index (χ4v) is 4.07. The Morgan fingerprint density at radius 1 is 1.15 bits per heavy atom. The van der Waals surface area contributed by atoms with Gasteiger partial charge in [-0.05, 0) is 42.7 Å². The minimum Gasteiger partial charge on any atom is -0.383 e. The lowest BCUT2D eigenvalue weighted by Crippen LogP contribution is -2.60. The van der Waals surface area contributed by atoms with Crippen molar-refractivity contribution < 1.29 is 18.8 Å². The summed E-state index contributed by atoms with van der Waals surface area (Å²) >= 11 is 0. The number of nitrogens with zero attached hydrogens (tertiary/aromatic N) is 3. The van der Waals surface area contributed by atoms with E-state index in [-0.39, 0.29) is 25.0 Å². The fraction of sp³-hybridized carbons (Fsp3) is 0.440. The van der Waals surface area contributed by atoms with Crippen LogP contribution in [-0.2, 0) is 20.8 Å². The predicted molar refractivity (Wildman–Crippen MR) is 128 cm³/mol. The average Bonchev–Trinajstić information content (AvgIpc) is 2.79. The second-order valence-corrected chi connectivity index (χ2v) is 9.66. The highest BCUT2D eigenvalue weighted by atomic mass is 19.1. The molecule has 9 heteroatoms. The zero-order valence-electron chi connectivity index (χ0n) is 20.3. The van der Waals surface area contributed by atoms with Gasteiger partial charge in [-0.25, -0.2) is 9.37 Å². The molecule has 0 bridgehead atoms. The number of rotatable bonds is 3. The molecule has 182 valence electrons. The van der Waals surface area contributed by atoms with Crippen molar-refractivity contribution in [3.8, 4) is 0 Å². The summed E-state index contributed by atoms with van der Waals surface area (Å²) in [6, 6.07) is 6.54. The highest BCUT2D eigenvalue weighted by Crippen LogP contribution is 2.31. The van der Waals surface area contributed by atoms with Gasteiger partial charge in [-0.15, -0.1) is 0 Å². The number of carbonyl (C=O) groups is 3. The van der Waals surface area contributed by atoms with Gasteiger partial charge < -0.3 is 20.9 Å². The Bertz CT molecular complexity index is 1080. The molecule has 3 amide bonds. The van der Waals surface area contributed by atoms with E-state index in [4.69, 9.17) is 5.73 Å². The summed E-state index contributed by atoms with van der Waals surface area (Å²) in [5, 5.41) is 2.61. The molecular weight excluding hydrogens is 437 g/mol. The third-order valence-corrected chi connectivity index (χ3v) is 5.99. The van der Waals surface area contributed by atoms with E-state index in [2.05, 4.69) is 10.3 Å². The molecule has 1 aliphatic heterocycles. The van der Waals surface area contributed by atoms with Crippen LogP contribution in [-0.4, -0.2) is 51.6 Å². The van der Waals surface area contributed by atoms with E-state index < -0.39 is 29.1 Å². The molecule has 2 aromatic rings. The number of amides is 3. The first kappa shape index (κ1) is 25.1. The maximum Gasteiger partial charge on any atom is 0.313 e. The number of nitrogens with two attached hydrogens (primary N) is 1. The normalized spacial score (nSPS) is 18.5. The Morgan fingerprint density at radius 2 is 1.79 bits per heavy atom. The lowest BCUT2D eigenvalue weighted by atomic mass is 9.91. The first-order valence-corrected chi connectivity index (χ1v) is 11.3. The van der Waals surface area contributed by atoms with Crippen LogP contribution in [0.3, 0.4) is 0 Å². The average molecular weight is 470 g/mol. The molecule has 0 saturated carbocycles. The van der Waals surface area contributed by atoms with Gasteiger partial charge in [0.1, 0.15) is 11.6 Å². The third kappa shape index (κ3) is 5.35. The van der Waals surface area contributed by atoms with Crippen LogP contribution in [0, 0.1) is 11.2 Å². The van der Waals surface area contributed by atoms with Crippen LogP contribution in [0.15, 0.2) is 36.5 Å². The summed E-state index contributed by atoms with van der Waals surface area (Å²) in [7, 11) is 0. The van der Waals surface area contributed by atoms with Gasteiger partial charge in [0.2, 0.25) is 5.91 Å². The summed E-state index contributed by atoms with van der Waals surface area (Å²) in [6.07, 6.45) is 2.03. The number of aromatic nitrogens is 1.